The van der Waals surface area contributed by atoms with Gasteiger partial charge in [-0.3, -0.25) is 4.79 Å². The van der Waals surface area contributed by atoms with E-state index >= 15 is 0 Å². The highest BCUT2D eigenvalue weighted by molar-refractivity contribution is 5.85. The normalized spacial score (nSPS) is 13.3. The van der Waals surface area contributed by atoms with Crippen molar-refractivity contribution in [3.8, 4) is 5.75 Å². The quantitative estimate of drug-likeness (QED) is 0.798. The highest BCUT2D eigenvalue weighted by Crippen LogP contribution is 2.18. The molecular weight excluding hydrogens is 258 g/mol. The van der Waals surface area contributed by atoms with Crippen LogP contribution in [-0.4, -0.2) is 30.1 Å². The molecule has 20 heavy (non-hydrogen) atoms. The van der Waals surface area contributed by atoms with Crippen LogP contribution in [0.5, 0.6) is 5.75 Å². The van der Waals surface area contributed by atoms with E-state index in [0.29, 0.717) is 12.2 Å². The number of carboxylic acids is 1. The summed E-state index contributed by atoms with van der Waals surface area (Å²) in [7, 11) is 1.54. The Kier molecular flexibility index (Phi) is 6.03. The third kappa shape index (κ3) is 4.26. The summed E-state index contributed by atoms with van der Waals surface area (Å²) < 4.78 is 5.17. The lowest BCUT2D eigenvalue weighted by Gasteiger charge is -2.20. The number of amides is 1. The lowest BCUT2D eigenvalue weighted by atomic mass is 9.99. The summed E-state index contributed by atoms with van der Waals surface area (Å²) in [5, 5.41) is 11.7. The summed E-state index contributed by atoms with van der Waals surface area (Å²) in [4.78, 5) is 23.2. The maximum atomic E-state index is 12.0. The van der Waals surface area contributed by atoms with Gasteiger partial charge < -0.3 is 15.2 Å². The first-order valence-electron chi connectivity index (χ1n) is 6.63. The molecule has 0 heterocycles. The zero-order valence-electron chi connectivity index (χ0n) is 12.1. The lowest BCUT2D eigenvalue weighted by molar-refractivity contribution is -0.143. The Bertz CT molecular complexity index is 473. The molecule has 0 aliphatic heterocycles. The summed E-state index contributed by atoms with van der Waals surface area (Å²) in [5.74, 6) is -0.817. The minimum Gasteiger partial charge on any atom is -0.496 e. The Balaban J connectivity index is 2.73. The third-order valence-electron chi connectivity index (χ3n) is 3.34. The average molecular weight is 279 g/mol. The smallest absolute Gasteiger partial charge is 0.326 e. The van der Waals surface area contributed by atoms with Crippen LogP contribution in [0.25, 0.3) is 0 Å². The second kappa shape index (κ2) is 7.53. The second-order valence-electron chi connectivity index (χ2n) is 4.76. The van der Waals surface area contributed by atoms with E-state index in [2.05, 4.69) is 5.32 Å². The summed E-state index contributed by atoms with van der Waals surface area (Å²) >= 11 is 0. The first kappa shape index (κ1) is 16.0. The molecule has 0 spiro atoms. The number of para-hydroxylation sites is 1. The summed E-state index contributed by atoms with van der Waals surface area (Å²) in [5.41, 5.74) is 0.737. The maximum Gasteiger partial charge on any atom is 0.326 e. The van der Waals surface area contributed by atoms with Crippen LogP contribution in [0.4, 0.5) is 0 Å². The highest BCUT2D eigenvalue weighted by atomic mass is 16.5. The number of nitrogens with one attached hydrogen (secondary N) is 1. The minimum absolute atomic E-state index is 0.101. The van der Waals surface area contributed by atoms with Crippen LogP contribution in [-0.2, 0) is 16.0 Å². The molecule has 1 rings (SSSR count). The van der Waals surface area contributed by atoms with Gasteiger partial charge in [-0.15, -0.1) is 0 Å². The molecule has 2 N–H and O–H groups in total. The molecule has 1 aromatic carbocycles. The number of rotatable bonds is 7. The van der Waals surface area contributed by atoms with Crippen molar-refractivity contribution in [2.24, 2.45) is 5.92 Å². The fourth-order valence-corrected chi connectivity index (χ4v) is 1.93. The van der Waals surface area contributed by atoms with Gasteiger partial charge in [-0.1, -0.05) is 38.5 Å². The van der Waals surface area contributed by atoms with Gasteiger partial charge in [-0.05, 0) is 12.0 Å². The first-order chi connectivity index (χ1) is 9.49. The number of benzene rings is 1. The van der Waals surface area contributed by atoms with E-state index in [1.165, 1.54) is 7.11 Å². The standard InChI is InChI=1S/C15H21NO4/c1-4-10(2)14(15(18)19)16-13(17)9-11-7-5-6-8-12(11)20-3/h5-8,10,14H,4,9H2,1-3H3,(H,16,17)(H,18,19)/t10?,14-/m0/s1. The average Bonchev–Trinajstić information content (AvgIpc) is 2.44. The Labute approximate surface area is 118 Å². The summed E-state index contributed by atoms with van der Waals surface area (Å²) in [6.45, 7) is 3.70. The van der Waals surface area contributed by atoms with E-state index in [1.807, 2.05) is 26.0 Å². The van der Waals surface area contributed by atoms with Crippen molar-refractivity contribution in [3.05, 3.63) is 29.8 Å². The van der Waals surface area contributed by atoms with Crippen molar-refractivity contribution in [2.75, 3.05) is 7.11 Å². The summed E-state index contributed by atoms with van der Waals surface area (Å²) in [6.07, 6.45) is 0.788. The molecule has 5 nitrogen and oxygen atoms in total. The van der Waals surface area contributed by atoms with Crippen molar-refractivity contribution in [1.29, 1.82) is 0 Å². The number of ether oxygens (including phenoxy) is 1. The number of aliphatic carboxylic acids is 1. The molecule has 2 atom stereocenters. The third-order valence-corrected chi connectivity index (χ3v) is 3.34. The molecular formula is C15H21NO4. The molecule has 0 aliphatic rings. The Morgan fingerprint density at radius 3 is 2.55 bits per heavy atom. The number of hydrogen-bond donors (Lipinski definition) is 2. The monoisotopic (exact) mass is 279 g/mol. The van der Waals surface area contributed by atoms with Crippen LogP contribution in [0, 0.1) is 5.92 Å². The maximum absolute atomic E-state index is 12.0. The lowest BCUT2D eigenvalue weighted by Crippen LogP contribution is -2.45. The first-order valence-corrected chi connectivity index (χ1v) is 6.63. The van der Waals surface area contributed by atoms with Gasteiger partial charge >= 0.3 is 5.97 Å². The molecule has 0 fully saturated rings. The zero-order valence-corrected chi connectivity index (χ0v) is 12.1. The van der Waals surface area contributed by atoms with E-state index in [9.17, 15) is 9.59 Å². The van der Waals surface area contributed by atoms with E-state index in [-0.39, 0.29) is 18.2 Å². The number of carbonyl (C=O) groups is 2. The minimum atomic E-state index is -1.01. The molecule has 1 amide bonds. The number of carbonyl (C=O) groups excluding carboxylic acids is 1. The van der Waals surface area contributed by atoms with Crippen molar-refractivity contribution < 1.29 is 19.4 Å². The van der Waals surface area contributed by atoms with E-state index in [1.54, 1.807) is 12.1 Å². The van der Waals surface area contributed by atoms with Gasteiger partial charge in [-0.25, -0.2) is 4.79 Å². The molecule has 0 saturated carbocycles. The molecule has 0 saturated heterocycles. The SMILES string of the molecule is CCC(C)[C@H](NC(=O)Cc1ccccc1OC)C(=O)O. The van der Waals surface area contributed by atoms with E-state index in [0.717, 1.165) is 5.56 Å². The van der Waals surface area contributed by atoms with Gasteiger partial charge in [0.05, 0.1) is 13.5 Å². The Morgan fingerprint density at radius 1 is 1.35 bits per heavy atom. The number of hydrogen-bond acceptors (Lipinski definition) is 3. The predicted octanol–water partition coefficient (Wildman–Crippen LogP) is 1.85. The van der Waals surface area contributed by atoms with E-state index in [4.69, 9.17) is 9.84 Å². The van der Waals surface area contributed by atoms with Crippen LogP contribution >= 0.6 is 0 Å². The molecule has 0 aliphatic carbocycles. The molecule has 1 unspecified atom stereocenters. The van der Waals surface area contributed by atoms with Crippen LogP contribution in [0.2, 0.25) is 0 Å². The van der Waals surface area contributed by atoms with Crippen LogP contribution in [0.1, 0.15) is 25.8 Å². The Hall–Kier alpha value is -2.04. The van der Waals surface area contributed by atoms with Crippen LogP contribution in [0.15, 0.2) is 24.3 Å². The van der Waals surface area contributed by atoms with Crippen molar-refractivity contribution in [1.82, 2.24) is 5.32 Å². The van der Waals surface area contributed by atoms with Crippen molar-refractivity contribution >= 4 is 11.9 Å². The fraction of sp³-hybridized carbons (Fsp3) is 0.467. The van der Waals surface area contributed by atoms with Gasteiger partial charge in [0.2, 0.25) is 5.91 Å². The Morgan fingerprint density at radius 2 is 2.00 bits per heavy atom. The van der Waals surface area contributed by atoms with Crippen molar-refractivity contribution in [2.45, 2.75) is 32.7 Å². The van der Waals surface area contributed by atoms with Gasteiger partial charge in [0.15, 0.2) is 0 Å². The van der Waals surface area contributed by atoms with Crippen LogP contribution in [0.3, 0.4) is 0 Å². The van der Waals surface area contributed by atoms with Gasteiger partial charge in [0, 0.05) is 5.56 Å². The van der Waals surface area contributed by atoms with Crippen molar-refractivity contribution in [3.63, 3.8) is 0 Å². The largest absolute Gasteiger partial charge is 0.496 e. The molecule has 5 heteroatoms. The summed E-state index contributed by atoms with van der Waals surface area (Å²) in [6, 6.07) is 6.33. The molecule has 110 valence electrons. The fourth-order valence-electron chi connectivity index (χ4n) is 1.93. The second-order valence-corrected chi connectivity index (χ2v) is 4.76. The zero-order chi connectivity index (χ0) is 15.1. The molecule has 0 radical (unpaired) electrons. The molecule has 0 aromatic heterocycles. The van der Waals surface area contributed by atoms with Gasteiger partial charge in [0.1, 0.15) is 11.8 Å². The number of methoxy groups -OCH3 is 1. The van der Waals surface area contributed by atoms with Gasteiger partial charge in [0.25, 0.3) is 0 Å². The highest BCUT2D eigenvalue weighted by Gasteiger charge is 2.25. The molecule has 1 aromatic rings. The van der Waals surface area contributed by atoms with Gasteiger partial charge in [-0.2, -0.15) is 0 Å². The topological polar surface area (TPSA) is 75.6 Å². The van der Waals surface area contributed by atoms with E-state index < -0.39 is 12.0 Å². The molecule has 0 bridgehead atoms. The predicted molar refractivity (Wildman–Crippen MR) is 75.7 cm³/mol. The van der Waals surface area contributed by atoms with Crippen LogP contribution < -0.4 is 10.1 Å². The number of carboxylic acid groups (broad SMARTS) is 1.